The second-order valence-corrected chi connectivity index (χ2v) is 8.76. The summed E-state index contributed by atoms with van der Waals surface area (Å²) in [5, 5.41) is 18.4. The molecule has 3 heterocycles. The van der Waals surface area contributed by atoms with E-state index in [-0.39, 0.29) is 33.9 Å². The molecule has 16 heteroatoms. The molecule has 0 spiro atoms. The zero-order valence-corrected chi connectivity index (χ0v) is 21.2. The summed E-state index contributed by atoms with van der Waals surface area (Å²) in [6, 6.07) is 7.48. The molecule has 0 saturated heterocycles. The average molecular weight is 572 g/mol. The number of aliphatic hydroxyl groups excluding tert-OH is 1. The van der Waals surface area contributed by atoms with Gasteiger partial charge in [-0.1, -0.05) is 23.2 Å². The van der Waals surface area contributed by atoms with Gasteiger partial charge in [0.25, 0.3) is 0 Å². The van der Waals surface area contributed by atoms with Crippen molar-refractivity contribution in [3.8, 4) is 17.1 Å². The van der Waals surface area contributed by atoms with Crippen molar-refractivity contribution in [3.05, 3.63) is 74.4 Å². The topological polar surface area (TPSA) is 130 Å². The van der Waals surface area contributed by atoms with E-state index in [2.05, 4.69) is 20.2 Å². The highest BCUT2D eigenvalue weighted by molar-refractivity contribution is 6.31. The van der Waals surface area contributed by atoms with E-state index in [1.165, 1.54) is 30.5 Å². The first kappa shape index (κ1) is 27.3. The van der Waals surface area contributed by atoms with Gasteiger partial charge in [-0.05, 0) is 42.8 Å². The number of hydrogen-bond donors (Lipinski definition) is 1. The third-order valence-corrected chi connectivity index (χ3v) is 5.89. The minimum Gasteiger partial charge on any atom is -0.463 e. The first-order chi connectivity index (χ1) is 17.9. The van der Waals surface area contributed by atoms with Crippen molar-refractivity contribution < 1.29 is 27.8 Å². The Balaban J connectivity index is 1.81. The quantitative estimate of drug-likeness (QED) is 0.264. The van der Waals surface area contributed by atoms with Crippen LogP contribution >= 0.6 is 23.2 Å². The SMILES string of the molecule is COC(=O)c1nc(Cn2nc(-c3ccc(Cl)cc3)n(C[C@H](O)C(F)(F)F)c2=O)nn1-c1c(C)ccnc1Cl. The van der Waals surface area contributed by atoms with E-state index < -0.39 is 37.0 Å². The molecule has 0 aliphatic carbocycles. The number of hydrogen-bond acceptors (Lipinski definition) is 8. The number of alkyl halides is 3. The molecule has 0 saturated carbocycles. The Morgan fingerprint density at radius 3 is 2.45 bits per heavy atom. The van der Waals surface area contributed by atoms with Crippen molar-refractivity contribution in [2.75, 3.05) is 7.11 Å². The maximum Gasteiger partial charge on any atom is 0.416 e. The monoisotopic (exact) mass is 571 g/mol. The van der Waals surface area contributed by atoms with Gasteiger partial charge in [0, 0.05) is 16.8 Å². The van der Waals surface area contributed by atoms with E-state index in [0.717, 1.165) is 16.5 Å². The number of carbonyl (C=O) groups is 1. The Bertz CT molecular complexity index is 1530. The van der Waals surface area contributed by atoms with Crippen LogP contribution in [0.5, 0.6) is 0 Å². The molecule has 0 fully saturated rings. The molecule has 1 atom stereocenters. The summed E-state index contributed by atoms with van der Waals surface area (Å²) in [5.41, 5.74) is 0.122. The van der Waals surface area contributed by atoms with Crippen LogP contribution in [-0.2, 0) is 17.8 Å². The summed E-state index contributed by atoms with van der Waals surface area (Å²) in [5.74, 6) is -1.40. The number of methoxy groups -OCH3 is 1. The molecule has 38 heavy (non-hydrogen) atoms. The maximum absolute atomic E-state index is 13.1. The highest BCUT2D eigenvalue weighted by Crippen LogP contribution is 2.25. The summed E-state index contributed by atoms with van der Waals surface area (Å²) in [4.78, 5) is 33.7. The molecule has 0 aliphatic rings. The van der Waals surface area contributed by atoms with E-state index >= 15 is 0 Å². The Morgan fingerprint density at radius 2 is 1.84 bits per heavy atom. The molecule has 11 nitrogen and oxygen atoms in total. The van der Waals surface area contributed by atoms with Gasteiger partial charge in [-0.25, -0.2) is 28.9 Å². The molecule has 4 aromatic rings. The molecule has 200 valence electrons. The molecular formula is C22H18Cl2F3N7O4. The predicted molar refractivity (Wildman–Crippen MR) is 128 cm³/mol. The van der Waals surface area contributed by atoms with Gasteiger partial charge >= 0.3 is 17.8 Å². The predicted octanol–water partition coefficient (Wildman–Crippen LogP) is 3.06. The van der Waals surface area contributed by atoms with Crippen LogP contribution in [0.25, 0.3) is 17.1 Å². The number of halogens is 5. The van der Waals surface area contributed by atoms with Gasteiger partial charge < -0.3 is 9.84 Å². The van der Waals surface area contributed by atoms with Crippen LogP contribution in [0.3, 0.4) is 0 Å². The highest BCUT2D eigenvalue weighted by Gasteiger charge is 2.39. The molecular weight excluding hydrogens is 554 g/mol. The Kier molecular flexibility index (Phi) is 7.58. The molecule has 1 aromatic carbocycles. The number of rotatable bonds is 7. The fourth-order valence-corrected chi connectivity index (χ4v) is 3.92. The number of aryl methyl sites for hydroxylation is 1. The molecule has 0 amide bonds. The van der Waals surface area contributed by atoms with Crippen molar-refractivity contribution in [1.29, 1.82) is 0 Å². The van der Waals surface area contributed by atoms with Gasteiger partial charge in [-0.3, -0.25) is 4.57 Å². The summed E-state index contributed by atoms with van der Waals surface area (Å²) >= 11 is 12.1. The van der Waals surface area contributed by atoms with Crippen molar-refractivity contribution in [3.63, 3.8) is 0 Å². The minimum absolute atomic E-state index is 0.0132. The minimum atomic E-state index is -4.98. The summed E-state index contributed by atoms with van der Waals surface area (Å²) in [7, 11) is 1.13. The van der Waals surface area contributed by atoms with Crippen LogP contribution in [0, 0.1) is 6.92 Å². The lowest BCUT2D eigenvalue weighted by molar-refractivity contribution is -0.207. The Morgan fingerprint density at radius 1 is 1.16 bits per heavy atom. The van der Waals surface area contributed by atoms with E-state index in [4.69, 9.17) is 27.9 Å². The molecule has 1 N–H and O–H groups in total. The molecule has 0 aliphatic heterocycles. The standard InChI is InChI=1S/C22H18Cl2F3N7O4/c1-11-7-8-28-17(24)16(11)34-19(20(36)38-2)29-15(30-34)10-33-21(37)32(9-14(35)22(25,26)27)18(31-33)12-3-5-13(23)6-4-12/h3-8,14,35H,9-10H2,1-2H3/t14-/m0/s1. The number of nitrogens with zero attached hydrogens (tertiary/aromatic N) is 7. The lowest BCUT2D eigenvalue weighted by atomic mass is 10.2. The van der Waals surface area contributed by atoms with Crippen LogP contribution in [0.4, 0.5) is 13.2 Å². The van der Waals surface area contributed by atoms with E-state index in [0.29, 0.717) is 15.2 Å². The van der Waals surface area contributed by atoms with Crippen LogP contribution < -0.4 is 5.69 Å². The number of ether oxygens (including phenoxy) is 1. The lowest BCUT2D eigenvalue weighted by Gasteiger charge is -2.15. The summed E-state index contributed by atoms with van der Waals surface area (Å²) in [6.45, 7) is 0.143. The van der Waals surface area contributed by atoms with E-state index in [9.17, 15) is 27.9 Å². The first-order valence-electron chi connectivity index (χ1n) is 10.7. The summed E-state index contributed by atoms with van der Waals surface area (Å²) < 4.78 is 46.7. The van der Waals surface area contributed by atoms with Crippen LogP contribution in [-0.4, -0.2) is 64.6 Å². The van der Waals surface area contributed by atoms with Crippen LogP contribution in [0.15, 0.2) is 41.3 Å². The first-order valence-corrected chi connectivity index (χ1v) is 11.5. The molecule has 0 unspecified atom stereocenters. The normalized spacial score (nSPS) is 12.5. The largest absolute Gasteiger partial charge is 0.463 e. The number of benzene rings is 1. The van der Waals surface area contributed by atoms with Gasteiger partial charge in [0.1, 0.15) is 12.2 Å². The number of pyridine rings is 1. The Labute approximate surface area is 222 Å². The van der Waals surface area contributed by atoms with Crippen LogP contribution in [0.1, 0.15) is 22.0 Å². The van der Waals surface area contributed by atoms with E-state index in [1.54, 1.807) is 13.0 Å². The molecule has 0 bridgehead atoms. The molecule has 4 rings (SSSR count). The Hall–Kier alpha value is -3.75. The third kappa shape index (κ3) is 5.42. The second kappa shape index (κ2) is 10.6. The number of carbonyl (C=O) groups excluding carboxylic acids is 1. The van der Waals surface area contributed by atoms with Crippen molar-refractivity contribution in [2.45, 2.75) is 32.3 Å². The van der Waals surface area contributed by atoms with Gasteiger partial charge in [-0.2, -0.15) is 13.2 Å². The van der Waals surface area contributed by atoms with Gasteiger partial charge in [0.05, 0.1) is 13.7 Å². The third-order valence-electron chi connectivity index (χ3n) is 5.36. The number of aliphatic hydroxyl groups is 1. The summed E-state index contributed by atoms with van der Waals surface area (Å²) in [6.07, 6.45) is -6.35. The second-order valence-electron chi connectivity index (χ2n) is 7.96. The number of esters is 1. The van der Waals surface area contributed by atoms with Gasteiger partial charge in [-0.15, -0.1) is 10.2 Å². The van der Waals surface area contributed by atoms with Crippen molar-refractivity contribution >= 4 is 29.2 Å². The molecule has 3 aromatic heterocycles. The van der Waals surface area contributed by atoms with Gasteiger partial charge in [0.15, 0.2) is 22.9 Å². The fourth-order valence-electron chi connectivity index (χ4n) is 3.50. The fraction of sp³-hybridized carbons (Fsp3) is 0.273. The smallest absolute Gasteiger partial charge is 0.416 e. The van der Waals surface area contributed by atoms with Crippen LogP contribution in [0.2, 0.25) is 10.2 Å². The van der Waals surface area contributed by atoms with Crippen molar-refractivity contribution in [2.24, 2.45) is 0 Å². The zero-order chi connectivity index (χ0) is 27.8. The number of aromatic nitrogens is 7. The highest BCUT2D eigenvalue weighted by atomic mass is 35.5. The van der Waals surface area contributed by atoms with Crippen molar-refractivity contribution in [1.82, 2.24) is 34.1 Å². The zero-order valence-electron chi connectivity index (χ0n) is 19.6. The van der Waals surface area contributed by atoms with E-state index in [1.807, 2.05) is 0 Å². The maximum atomic E-state index is 13.1. The average Bonchev–Trinajstić information content (AvgIpc) is 3.40. The molecule has 0 radical (unpaired) electrons. The lowest BCUT2D eigenvalue weighted by Crippen LogP contribution is -2.37. The van der Waals surface area contributed by atoms with Gasteiger partial charge in [0.2, 0.25) is 5.82 Å².